The normalized spacial score (nSPS) is 29.7. The second-order valence-electron chi connectivity index (χ2n) is 4.37. The molecule has 1 aromatic rings. The predicted octanol–water partition coefficient (Wildman–Crippen LogP) is -2.33. The average Bonchev–Trinajstić information content (AvgIpc) is 2.64. The van der Waals surface area contributed by atoms with Gasteiger partial charge in [-0.25, -0.2) is 4.79 Å². The predicted molar refractivity (Wildman–Crippen MR) is 73.5 cm³/mol. The Kier molecular flexibility index (Phi) is 4.76. The molecule has 1 saturated heterocycles. The molecule has 10 nitrogen and oxygen atoms in total. The van der Waals surface area contributed by atoms with E-state index >= 15 is 0 Å². The zero-order valence-electron chi connectivity index (χ0n) is 10.5. The lowest BCUT2D eigenvalue weighted by molar-refractivity contribution is -0.0526. The van der Waals surface area contributed by atoms with Gasteiger partial charge in [-0.2, -0.15) is 4.98 Å². The van der Waals surface area contributed by atoms with Gasteiger partial charge in [0.2, 0.25) is 0 Å². The lowest BCUT2D eigenvalue weighted by Gasteiger charge is -2.17. The Morgan fingerprint density at radius 3 is 2.71 bits per heavy atom. The highest BCUT2D eigenvalue weighted by Crippen LogP contribution is 2.38. The van der Waals surface area contributed by atoms with Crippen molar-refractivity contribution >= 4 is 24.3 Å². The van der Waals surface area contributed by atoms with Crippen molar-refractivity contribution in [2.24, 2.45) is 0 Å². The third-order valence-corrected chi connectivity index (χ3v) is 3.67. The summed E-state index contributed by atoms with van der Waals surface area (Å²) >= 11 is 4.27. The first kappa shape index (κ1) is 16.5. The maximum absolute atomic E-state index is 11.7. The van der Waals surface area contributed by atoms with E-state index in [1.54, 1.807) is 0 Å². The monoisotopic (exact) mass is 339 g/mol. The number of aliphatic hydroxyl groups is 2. The van der Waals surface area contributed by atoms with E-state index in [9.17, 15) is 15.0 Å². The molecule has 2 heterocycles. The maximum atomic E-state index is 11.7. The number of ether oxygens (including phenoxy) is 1. The van der Waals surface area contributed by atoms with Crippen LogP contribution >= 0.6 is 6.72 Å². The first-order chi connectivity index (χ1) is 9.69. The van der Waals surface area contributed by atoms with Crippen molar-refractivity contribution in [3.8, 4) is 0 Å². The van der Waals surface area contributed by atoms with Crippen LogP contribution < -0.4 is 11.4 Å². The van der Waals surface area contributed by atoms with Gasteiger partial charge in [-0.05, 0) is 17.9 Å². The molecule has 118 valence electrons. The van der Waals surface area contributed by atoms with E-state index in [0.29, 0.717) is 0 Å². The molecular formula is C9H14N3O7PS. The number of aromatic nitrogens is 2. The number of hydrogen-bond donors (Lipinski definition) is 5. The largest absolute Gasteiger partial charge is 0.387 e. The molecule has 2 rings (SSSR count). The molecule has 0 bridgehead atoms. The van der Waals surface area contributed by atoms with Crippen molar-refractivity contribution in [1.29, 1.82) is 0 Å². The van der Waals surface area contributed by atoms with Gasteiger partial charge in [0, 0.05) is 6.20 Å². The third-order valence-electron chi connectivity index (χ3n) is 2.87. The second kappa shape index (κ2) is 6.07. The molecule has 0 amide bonds. The van der Waals surface area contributed by atoms with Crippen molar-refractivity contribution in [3.05, 3.63) is 22.7 Å². The molecule has 6 N–H and O–H groups in total. The number of nitrogen functional groups attached to an aromatic ring is 1. The first-order valence-electron chi connectivity index (χ1n) is 5.75. The summed E-state index contributed by atoms with van der Waals surface area (Å²) in [5.74, 6) is 0.00502. The number of nitrogens with two attached hydrogens (primary N) is 1. The standard InChI is InChI=1S/C9H14N3O7PS/c10-5-1-2-12(9(15)11-5)8-7(14)6(13)4(19-8)3-18-20(16,17)21/h1-2,4,6-8,13-14H,3H2,(H2,10,11,15)(H2,16,17,21)/t4-,6-,7-,8-/m1/s1. The van der Waals surface area contributed by atoms with Gasteiger partial charge in [-0.15, -0.1) is 0 Å². The molecule has 12 heteroatoms. The third kappa shape index (κ3) is 3.84. The molecule has 0 radical (unpaired) electrons. The van der Waals surface area contributed by atoms with Crippen LogP contribution in [0.25, 0.3) is 0 Å². The van der Waals surface area contributed by atoms with Crippen LogP contribution in [0.4, 0.5) is 5.82 Å². The van der Waals surface area contributed by atoms with E-state index in [-0.39, 0.29) is 5.82 Å². The molecule has 4 atom stereocenters. The maximum Gasteiger partial charge on any atom is 0.351 e. The van der Waals surface area contributed by atoms with Crippen molar-refractivity contribution < 1.29 is 29.3 Å². The number of hydrogen-bond acceptors (Lipinski definition) is 8. The number of aliphatic hydroxyl groups excluding tert-OH is 2. The Balaban J connectivity index is 2.16. The fourth-order valence-corrected chi connectivity index (χ4v) is 2.41. The van der Waals surface area contributed by atoms with Gasteiger partial charge in [0.1, 0.15) is 24.1 Å². The summed E-state index contributed by atoms with van der Waals surface area (Å²) in [5.41, 5.74) is 4.59. The summed E-state index contributed by atoms with van der Waals surface area (Å²) in [5, 5.41) is 19.7. The molecule has 21 heavy (non-hydrogen) atoms. The number of anilines is 1. The molecule has 0 aromatic carbocycles. The van der Waals surface area contributed by atoms with Gasteiger partial charge in [0.15, 0.2) is 6.23 Å². The highest BCUT2D eigenvalue weighted by atomic mass is 32.5. The lowest BCUT2D eigenvalue weighted by atomic mass is 10.1. The van der Waals surface area contributed by atoms with E-state index in [4.69, 9.17) is 20.3 Å². The van der Waals surface area contributed by atoms with Crippen LogP contribution in [0, 0.1) is 0 Å². The summed E-state index contributed by atoms with van der Waals surface area (Å²) in [4.78, 5) is 33.1. The van der Waals surface area contributed by atoms with E-state index in [0.717, 1.165) is 4.57 Å². The van der Waals surface area contributed by atoms with Gasteiger partial charge >= 0.3 is 12.4 Å². The molecule has 0 saturated carbocycles. The number of nitrogens with zero attached hydrogens (tertiary/aromatic N) is 2. The molecule has 1 aliphatic rings. The Bertz CT molecular complexity index is 620. The van der Waals surface area contributed by atoms with Gasteiger partial charge in [-0.3, -0.25) is 4.57 Å². The Morgan fingerprint density at radius 2 is 2.14 bits per heavy atom. The van der Waals surface area contributed by atoms with Gasteiger partial charge in [0.05, 0.1) is 6.61 Å². The Morgan fingerprint density at radius 1 is 1.48 bits per heavy atom. The first-order valence-corrected chi connectivity index (χ1v) is 8.38. The van der Waals surface area contributed by atoms with Crippen molar-refractivity contribution in [2.45, 2.75) is 24.5 Å². The summed E-state index contributed by atoms with van der Waals surface area (Å²) in [6.45, 7) is -4.36. The minimum Gasteiger partial charge on any atom is -0.387 e. The van der Waals surface area contributed by atoms with Crippen molar-refractivity contribution in [1.82, 2.24) is 9.55 Å². The highest BCUT2D eigenvalue weighted by Gasteiger charge is 2.44. The van der Waals surface area contributed by atoms with Crippen molar-refractivity contribution in [2.75, 3.05) is 12.3 Å². The van der Waals surface area contributed by atoms with Crippen molar-refractivity contribution in [3.63, 3.8) is 0 Å². The number of rotatable bonds is 4. The zero-order chi connectivity index (χ0) is 15.8. The Labute approximate surface area is 123 Å². The molecule has 0 unspecified atom stereocenters. The SMILES string of the molecule is Nc1ccn([C@@H]2O[C@H](COP(O)(O)=S)[C@@H](O)[C@H]2O)c(=O)n1. The van der Waals surface area contributed by atoms with Gasteiger partial charge in [0.25, 0.3) is 0 Å². The zero-order valence-corrected chi connectivity index (χ0v) is 12.2. The van der Waals surface area contributed by atoms with E-state index in [1.165, 1.54) is 12.3 Å². The van der Waals surface area contributed by atoms with Crippen LogP contribution in [0.3, 0.4) is 0 Å². The quantitative estimate of drug-likeness (QED) is 0.376. The molecule has 1 fully saturated rings. The smallest absolute Gasteiger partial charge is 0.351 e. The minimum atomic E-state index is -3.91. The molecule has 0 spiro atoms. The van der Waals surface area contributed by atoms with Gasteiger partial charge in [-0.1, -0.05) is 0 Å². The molecule has 1 aliphatic heterocycles. The fourth-order valence-electron chi connectivity index (χ4n) is 1.89. The molecule has 1 aromatic heterocycles. The highest BCUT2D eigenvalue weighted by molar-refractivity contribution is 8.06. The Hall–Kier alpha value is -0.910. The minimum absolute atomic E-state index is 0.00502. The topological polar surface area (TPSA) is 160 Å². The fraction of sp³-hybridized carbons (Fsp3) is 0.556. The molecule has 0 aliphatic carbocycles. The van der Waals surface area contributed by atoms with Crippen LogP contribution in [0.5, 0.6) is 0 Å². The average molecular weight is 339 g/mol. The van der Waals surface area contributed by atoms with E-state index in [1.807, 2.05) is 0 Å². The second-order valence-corrected chi connectivity index (χ2v) is 7.04. The van der Waals surface area contributed by atoms with Crippen LogP contribution in [0.1, 0.15) is 6.23 Å². The van der Waals surface area contributed by atoms with Crippen LogP contribution in [0.2, 0.25) is 0 Å². The van der Waals surface area contributed by atoms with Crippen LogP contribution in [-0.4, -0.2) is 54.5 Å². The lowest BCUT2D eigenvalue weighted by Crippen LogP contribution is -2.36. The summed E-state index contributed by atoms with van der Waals surface area (Å²) in [6.07, 6.45) is -3.87. The van der Waals surface area contributed by atoms with Crippen LogP contribution in [0.15, 0.2) is 17.1 Å². The summed E-state index contributed by atoms with van der Waals surface area (Å²) < 4.78 is 10.8. The van der Waals surface area contributed by atoms with E-state index < -0.39 is 43.6 Å². The summed E-state index contributed by atoms with van der Waals surface area (Å²) in [6, 6.07) is 1.33. The summed E-state index contributed by atoms with van der Waals surface area (Å²) in [7, 11) is 0. The van der Waals surface area contributed by atoms with Crippen LogP contribution in [-0.2, 0) is 21.1 Å². The van der Waals surface area contributed by atoms with E-state index in [2.05, 4.69) is 21.3 Å². The molecular weight excluding hydrogens is 325 g/mol. The van der Waals surface area contributed by atoms with Gasteiger partial charge < -0.3 is 35.0 Å².